The molecule has 1 aliphatic rings. The summed E-state index contributed by atoms with van der Waals surface area (Å²) in [4.78, 5) is 7.32. The minimum absolute atomic E-state index is 0.215. The summed E-state index contributed by atoms with van der Waals surface area (Å²) >= 11 is 0. The van der Waals surface area contributed by atoms with Gasteiger partial charge in [-0.2, -0.15) is 0 Å². The van der Waals surface area contributed by atoms with Gasteiger partial charge in [0.15, 0.2) is 0 Å². The van der Waals surface area contributed by atoms with E-state index in [1.165, 1.54) is 55.4 Å². The molecule has 0 bridgehead atoms. The maximum Gasteiger partial charge on any atom is 0.123 e. The number of hydrogen-bond donors (Lipinski definition) is 0. The summed E-state index contributed by atoms with van der Waals surface area (Å²) in [5.41, 5.74) is 4.19. The molecule has 1 saturated heterocycles. The van der Waals surface area contributed by atoms with E-state index in [1.807, 2.05) is 6.07 Å². The van der Waals surface area contributed by atoms with E-state index in [2.05, 4.69) is 29.2 Å². The summed E-state index contributed by atoms with van der Waals surface area (Å²) in [5, 5.41) is 1.22. The number of para-hydroxylation sites is 1. The molecule has 4 rings (SSSR count). The molecule has 0 N–H and O–H groups in total. The average Bonchev–Trinajstić information content (AvgIpc) is 2.63. The number of hydrogen-bond acceptors (Lipinski definition) is 2. The first-order valence-corrected chi connectivity index (χ1v) is 8.66. The third-order valence-corrected chi connectivity index (χ3v) is 4.78. The summed E-state index contributed by atoms with van der Waals surface area (Å²) in [7, 11) is 0. The Hall–Kier alpha value is -2.26. The van der Waals surface area contributed by atoms with Gasteiger partial charge in [-0.05, 0) is 67.9 Å². The monoisotopic (exact) mass is 320 g/mol. The number of fused-ring (bicyclic) bond motifs is 1. The summed E-state index contributed by atoms with van der Waals surface area (Å²) in [5.74, 6) is -0.215. The SMILES string of the molecule is Fc1ccc(-c2cc(CN3CCCCC3)c3ccccc3n2)cc1. The fourth-order valence-corrected chi connectivity index (χ4v) is 3.51. The Kier molecular flexibility index (Phi) is 4.26. The summed E-state index contributed by atoms with van der Waals surface area (Å²) in [6.45, 7) is 3.29. The highest BCUT2D eigenvalue weighted by Gasteiger charge is 2.14. The van der Waals surface area contributed by atoms with Crippen LogP contribution in [0.4, 0.5) is 4.39 Å². The molecule has 2 nitrogen and oxygen atoms in total. The molecule has 0 unspecified atom stereocenters. The smallest absolute Gasteiger partial charge is 0.123 e. The maximum atomic E-state index is 13.2. The topological polar surface area (TPSA) is 16.1 Å². The van der Waals surface area contributed by atoms with Crippen molar-refractivity contribution in [1.82, 2.24) is 9.88 Å². The van der Waals surface area contributed by atoms with Crippen LogP contribution in [0.25, 0.3) is 22.2 Å². The zero-order chi connectivity index (χ0) is 16.4. The first kappa shape index (κ1) is 15.3. The highest BCUT2D eigenvalue weighted by Crippen LogP contribution is 2.26. The molecule has 2 heterocycles. The van der Waals surface area contributed by atoms with Gasteiger partial charge in [0.2, 0.25) is 0 Å². The van der Waals surface area contributed by atoms with Crippen molar-refractivity contribution in [3.05, 3.63) is 66.0 Å². The van der Waals surface area contributed by atoms with Crippen molar-refractivity contribution in [3.63, 3.8) is 0 Å². The average molecular weight is 320 g/mol. The minimum atomic E-state index is -0.215. The molecule has 0 saturated carbocycles. The summed E-state index contributed by atoms with van der Waals surface area (Å²) in [6, 6.07) is 17.1. The second-order valence-corrected chi connectivity index (χ2v) is 6.53. The molecule has 1 fully saturated rings. The zero-order valence-corrected chi connectivity index (χ0v) is 13.7. The van der Waals surface area contributed by atoms with Crippen LogP contribution in [0, 0.1) is 5.82 Å². The van der Waals surface area contributed by atoms with E-state index in [1.54, 1.807) is 12.1 Å². The van der Waals surface area contributed by atoms with Gasteiger partial charge < -0.3 is 0 Å². The fraction of sp³-hybridized carbons (Fsp3) is 0.286. The number of aromatic nitrogens is 1. The lowest BCUT2D eigenvalue weighted by Gasteiger charge is -2.27. The largest absolute Gasteiger partial charge is 0.299 e. The van der Waals surface area contributed by atoms with Crippen molar-refractivity contribution in [1.29, 1.82) is 0 Å². The molecule has 0 spiro atoms. The quantitative estimate of drug-likeness (QED) is 0.673. The third kappa shape index (κ3) is 3.17. The lowest BCUT2D eigenvalue weighted by Crippen LogP contribution is -2.29. The van der Waals surface area contributed by atoms with Crippen LogP contribution in [0.3, 0.4) is 0 Å². The van der Waals surface area contributed by atoms with Gasteiger partial charge in [0.05, 0.1) is 11.2 Å². The molecule has 0 aliphatic carbocycles. The summed E-state index contributed by atoms with van der Waals surface area (Å²) in [6.07, 6.45) is 3.91. The lowest BCUT2D eigenvalue weighted by molar-refractivity contribution is 0.221. The van der Waals surface area contributed by atoms with Crippen molar-refractivity contribution in [2.45, 2.75) is 25.8 Å². The highest BCUT2D eigenvalue weighted by molar-refractivity contribution is 5.85. The van der Waals surface area contributed by atoms with Crippen LogP contribution in [0.15, 0.2) is 54.6 Å². The van der Waals surface area contributed by atoms with E-state index in [9.17, 15) is 4.39 Å². The van der Waals surface area contributed by atoms with Crippen molar-refractivity contribution < 1.29 is 4.39 Å². The van der Waals surface area contributed by atoms with E-state index < -0.39 is 0 Å². The van der Waals surface area contributed by atoms with E-state index in [0.717, 1.165) is 23.3 Å². The summed E-state index contributed by atoms with van der Waals surface area (Å²) < 4.78 is 13.2. The van der Waals surface area contributed by atoms with Gasteiger partial charge in [-0.25, -0.2) is 9.37 Å². The molecule has 0 atom stereocenters. The lowest BCUT2D eigenvalue weighted by atomic mass is 10.0. The van der Waals surface area contributed by atoms with Crippen molar-refractivity contribution in [2.75, 3.05) is 13.1 Å². The molecule has 1 aliphatic heterocycles. The molecule has 1 aromatic heterocycles. The number of halogens is 1. The highest BCUT2D eigenvalue weighted by atomic mass is 19.1. The maximum absolute atomic E-state index is 13.2. The van der Waals surface area contributed by atoms with E-state index >= 15 is 0 Å². The van der Waals surface area contributed by atoms with Crippen LogP contribution in [0.1, 0.15) is 24.8 Å². The Balaban J connectivity index is 1.76. The van der Waals surface area contributed by atoms with Crippen LogP contribution >= 0.6 is 0 Å². The first-order chi connectivity index (χ1) is 11.8. The standard InChI is InChI=1S/C21H21FN2/c22-18-10-8-16(9-11-18)21-14-17(15-24-12-4-1-5-13-24)19-6-2-3-7-20(19)23-21/h2-3,6-11,14H,1,4-5,12-13,15H2. The number of pyridine rings is 1. The zero-order valence-electron chi connectivity index (χ0n) is 13.7. The third-order valence-electron chi connectivity index (χ3n) is 4.78. The molecule has 24 heavy (non-hydrogen) atoms. The molecule has 0 amide bonds. The van der Waals surface area contributed by atoms with Crippen LogP contribution in [0.2, 0.25) is 0 Å². The van der Waals surface area contributed by atoms with Crippen molar-refractivity contribution >= 4 is 10.9 Å². The number of nitrogens with zero attached hydrogens (tertiary/aromatic N) is 2. The van der Waals surface area contributed by atoms with Gasteiger partial charge in [-0.15, -0.1) is 0 Å². The first-order valence-electron chi connectivity index (χ1n) is 8.66. The predicted octanol–water partition coefficient (Wildman–Crippen LogP) is 5.03. The van der Waals surface area contributed by atoms with Crippen molar-refractivity contribution in [2.24, 2.45) is 0 Å². The molecule has 122 valence electrons. The molecular weight excluding hydrogens is 299 g/mol. The molecule has 2 aromatic carbocycles. The van der Waals surface area contributed by atoms with Crippen molar-refractivity contribution in [3.8, 4) is 11.3 Å². The van der Waals surface area contributed by atoms with Crippen LogP contribution < -0.4 is 0 Å². The van der Waals surface area contributed by atoms with Gasteiger partial charge >= 0.3 is 0 Å². The number of likely N-dealkylation sites (tertiary alicyclic amines) is 1. The fourth-order valence-electron chi connectivity index (χ4n) is 3.51. The van der Waals surface area contributed by atoms with E-state index in [0.29, 0.717) is 0 Å². The van der Waals surface area contributed by atoms with E-state index in [-0.39, 0.29) is 5.82 Å². The Morgan fingerprint density at radius 3 is 2.46 bits per heavy atom. The minimum Gasteiger partial charge on any atom is -0.299 e. The second-order valence-electron chi connectivity index (χ2n) is 6.53. The number of piperidine rings is 1. The van der Waals surface area contributed by atoms with Gasteiger partial charge in [0.25, 0.3) is 0 Å². The second kappa shape index (κ2) is 6.70. The number of rotatable bonds is 3. The van der Waals surface area contributed by atoms with Gasteiger partial charge in [0.1, 0.15) is 5.82 Å². The van der Waals surface area contributed by atoms with Crippen LogP contribution in [-0.4, -0.2) is 23.0 Å². The number of benzene rings is 2. The molecular formula is C21H21FN2. The molecule has 3 aromatic rings. The van der Waals surface area contributed by atoms with Gasteiger partial charge in [-0.1, -0.05) is 24.6 Å². The molecule has 0 radical (unpaired) electrons. The van der Waals surface area contributed by atoms with Gasteiger partial charge in [0, 0.05) is 17.5 Å². The Morgan fingerprint density at radius 1 is 0.917 bits per heavy atom. The van der Waals surface area contributed by atoms with E-state index in [4.69, 9.17) is 4.98 Å². The Labute approximate surface area is 141 Å². The normalized spacial score (nSPS) is 15.7. The van der Waals surface area contributed by atoms with Gasteiger partial charge in [-0.3, -0.25) is 4.90 Å². The Morgan fingerprint density at radius 2 is 1.67 bits per heavy atom. The predicted molar refractivity (Wildman–Crippen MR) is 96.3 cm³/mol. The Bertz CT molecular complexity index is 836. The van der Waals surface area contributed by atoms with Crippen LogP contribution in [0.5, 0.6) is 0 Å². The van der Waals surface area contributed by atoms with Crippen LogP contribution in [-0.2, 0) is 6.54 Å². The molecule has 3 heteroatoms.